The van der Waals surface area contributed by atoms with Crippen LogP contribution < -0.4 is 5.32 Å². The minimum Gasteiger partial charge on any atom is -0.351 e. The van der Waals surface area contributed by atoms with Gasteiger partial charge in [0, 0.05) is 28.4 Å². The summed E-state index contributed by atoms with van der Waals surface area (Å²) in [4.78, 5) is 19.9. The second kappa shape index (κ2) is 5.35. The van der Waals surface area contributed by atoms with E-state index in [9.17, 15) is 4.79 Å². The van der Waals surface area contributed by atoms with Gasteiger partial charge >= 0.3 is 0 Å². The summed E-state index contributed by atoms with van der Waals surface area (Å²) in [6.45, 7) is 1.91. The lowest BCUT2D eigenvalue weighted by atomic mass is 10.2. The summed E-state index contributed by atoms with van der Waals surface area (Å²) in [5, 5.41) is 9.63. The van der Waals surface area contributed by atoms with Crippen molar-refractivity contribution in [3.63, 3.8) is 0 Å². The monoisotopic (exact) mass is 339 g/mol. The minimum atomic E-state index is -0.231. The molecule has 2 N–H and O–H groups in total. The summed E-state index contributed by atoms with van der Waals surface area (Å²) in [6.07, 6.45) is 1.63. The molecule has 0 saturated heterocycles. The standard InChI is InChI=1S/C17H14ClN5O/c1-9-13-7-12(8-19-16(13)23(2)22-9)20-17(24)15-6-10-5-11(18)3-4-14(10)21-15/h3-8,21H,1-2H3,(H,20,24). The van der Waals surface area contributed by atoms with E-state index in [1.165, 1.54) is 0 Å². The molecule has 0 spiro atoms. The number of carbonyl (C=O) groups excluding carboxylic acids is 1. The molecule has 1 aromatic carbocycles. The Hall–Kier alpha value is -2.86. The molecular weight excluding hydrogens is 326 g/mol. The molecule has 4 rings (SSSR count). The quantitative estimate of drug-likeness (QED) is 0.585. The third kappa shape index (κ3) is 2.41. The molecule has 3 heterocycles. The van der Waals surface area contributed by atoms with E-state index in [0.29, 0.717) is 16.4 Å². The lowest BCUT2D eigenvalue weighted by Crippen LogP contribution is -2.12. The highest BCUT2D eigenvalue weighted by molar-refractivity contribution is 6.31. The highest BCUT2D eigenvalue weighted by Crippen LogP contribution is 2.22. The van der Waals surface area contributed by atoms with Crippen molar-refractivity contribution in [1.29, 1.82) is 0 Å². The van der Waals surface area contributed by atoms with Crippen LogP contribution in [0.4, 0.5) is 5.69 Å². The first-order valence-corrected chi connectivity index (χ1v) is 7.78. The van der Waals surface area contributed by atoms with Gasteiger partial charge in [0.1, 0.15) is 5.69 Å². The summed E-state index contributed by atoms with van der Waals surface area (Å²) in [6, 6.07) is 9.10. The first-order chi connectivity index (χ1) is 11.5. The van der Waals surface area contributed by atoms with Crippen molar-refractivity contribution in [2.75, 3.05) is 5.32 Å². The number of aromatic amines is 1. The van der Waals surface area contributed by atoms with Gasteiger partial charge in [-0.15, -0.1) is 0 Å². The smallest absolute Gasteiger partial charge is 0.272 e. The zero-order valence-electron chi connectivity index (χ0n) is 13.1. The molecule has 24 heavy (non-hydrogen) atoms. The summed E-state index contributed by atoms with van der Waals surface area (Å²) >= 11 is 5.98. The van der Waals surface area contributed by atoms with Crippen LogP contribution in [-0.4, -0.2) is 25.7 Å². The van der Waals surface area contributed by atoms with Crippen molar-refractivity contribution in [1.82, 2.24) is 19.7 Å². The Morgan fingerprint density at radius 3 is 2.96 bits per heavy atom. The van der Waals surface area contributed by atoms with Gasteiger partial charge in [0.25, 0.3) is 5.91 Å². The number of amides is 1. The van der Waals surface area contributed by atoms with Gasteiger partial charge in [-0.05, 0) is 37.3 Å². The number of anilines is 1. The van der Waals surface area contributed by atoms with Crippen molar-refractivity contribution in [2.24, 2.45) is 7.05 Å². The Labute approximate surface area is 142 Å². The summed E-state index contributed by atoms with van der Waals surface area (Å²) in [5.74, 6) is -0.231. The summed E-state index contributed by atoms with van der Waals surface area (Å²) in [7, 11) is 1.84. The van der Waals surface area contributed by atoms with Crippen LogP contribution >= 0.6 is 11.6 Å². The van der Waals surface area contributed by atoms with E-state index < -0.39 is 0 Å². The lowest BCUT2D eigenvalue weighted by Gasteiger charge is -2.03. The molecule has 120 valence electrons. The molecule has 4 aromatic rings. The van der Waals surface area contributed by atoms with Gasteiger partial charge in [0.2, 0.25) is 0 Å². The number of aromatic nitrogens is 4. The minimum absolute atomic E-state index is 0.231. The van der Waals surface area contributed by atoms with Crippen LogP contribution in [0.1, 0.15) is 16.2 Å². The fourth-order valence-electron chi connectivity index (χ4n) is 2.80. The molecule has 3 aromatic heterocycles. The molecule has 0 aliphatic heterocycles. The van der Waals surface area contributed by atoms with Crippen molar-refractivity contribution in [3.8, 4) is 0 Å². The zero-order valence-corrected chi connectivity index (χ0v) is 13.8. The Morgan fingerprint density at radius 1 is 1.29 bits per heavy atom. The number of hydrogen-bond acceptors (Lipinski definition) is 3. The predicted molar refractivity (Wildman–Crippen MR) is 94.5 cm³/mol. The van der Waals surface area contributed by atoms with E-state index in [4.69, 9.17) is 11.6 Å². The molecule has 0 bridgehead atoms. The van der Waals surface area contributed by atoms with Crippen LogP contribution in [0.3, 0.4) is 0 Å². The highest BCUT2D eigenvalue weighted by atomic mass is 35.5. The van der Waals surface area contributed by atoms with Gasteiger partial charge in [-0.2, -0.15) is 5.10 Å². The maximum Gasteiger partial charge on any atom is 0.272 e. The second-order valence-electron chi connectivity index (χ2n) is 5.67. The number of hydrogen-bond donors (Lipinski definition) is 2. The molecule has 0 aliphatic rings. The number of pyridine rings is 1. The van der Waals surface area contributed by atoms with Gasteiger partial charge in [-0.25, -0.2) is 4.98 Å². The summed E-state index contributed by atoms with van der Waals surface area (Å²) in [5.41, 5.74) is 3.61. The molecule has 0 atom stereocenters. The first-order valence-electron chi connectivity index (χ1n) is 7.40. The molecular formula is C17H14ClN5O. The molecule has 0 unspecified atom stereocenters. The maximum atomic E-state index is 12.5. The topological polar surface area (TPSA) is 75.6 Å². The number of carbonyl (C=O) groups is 1. The van der Waals surface area contributed by atoms with Crippen molar-refractivity contribution >= 4 is 45.1 Å². The van der Waals surface area contributed by atoms with E-state index in [0.717, 1.165) is 27.6 Å². The van der Waals surface area contributed by atoms with Gasteiger partial charge in [-0.1, -0.05) is 11.6 Å². The normalized spacial score (nSPS) is 11.3. The number of benzene rings is 1. The fraction of sp³-hybridized carbons (Fsp3) is 0.118. The van der Waals surface area contributed by atoms with Gasteiger partial charge < -0.3 is 10.3 Å². The summed E-state index contributed by atoms with van der Waals surface area (Å²) < 4.78 is 1.72. The zero-order chi connectivity index (χ0) is 16.8. The van der Waals surface area contributed by atoms with E-state index in [2.05, 4.69) is 20.4 Å². The largest absolute Gasteiger partial charge is 0.351 e. The average Bonchev–Trinajstić information content (AvgIpc) is 3.08. The highest BCUT2D eigenvalue weighted by Gasteiger charge is 2.12. The Bertz CT molecular complexity index is 1100. The molecule has 0 aliphatic carbocycles. The van der Waals surface area contributed by atoms with Crippen LogP contribution in [0.2, 0.25) is 5.02 Å². The van der Waals surface area contributed by atoms with Crippen molar-refractivity contribution in [3.05, 3.63) is 52.9 Å². The average molecular weight is 340 g/mol. The van der Waals surface area contributed by atoms with Gasteiger partial charge in [-0.3, -0.25) is 9.48 Å². The molecule has 1 amide bonds. The van der Waals surface area contributed by atoms with Crippen LogP contribution in [-0.2, 0) is 7.05 Å². The van der Waals surface area contributed by atoms with Gasteiger partial charge in [0.05, 0.1) is 17.6 Å². The van der Waals surface area contributed by atoms with Crippen molar-refractivity contribution < 1.29 is 4.79 Å². The number of H-pyrrole nitrogens is 1. The number of nitrogens with one attached hydrogen (secondary N) is 2. The third-order valence-corrected chi connectivity index (χ3v) is 4.18. The van der Waals surface area contributed by atoms with E-state index in [1.807, 2.05) is 32.2 Å². The third-order valence-electron chi connectivity index (χ3n) is 3.95. The van der Waals surface area contributed by atoms with Crippen LogP contribution in [0.15, 0.2) is 36.5 Å². The lowest BCUT2D eigenvalue weighted by molar-refractivity contribution is 0.102. The molecule has 0 fully saturated rings. The van der Waals surface area contributed by atoms with E-state index in [-0.39, 0.29) is 5.91 Å². The SMILES string of the molecule is Cc1nn(C)c2ncc(NC(=O)c3cc4cc(Cl)ccc4[nH]3)cc12. The number of rotatable bonds is 2. The number of nitrogens with zero attached hydrogens (tertiary/aromatic N) is 3. The fourth-order valence-corrected chi connectivity index (χ4v) is 2.98. The second-order valence-corrected chi connectivity index (χ2v) is 6.11. The molecule has 0 saturated carbocycles. The number of fused-ring (bicyclic) bond motifs is 2. The van der Waals surface area contributed by atoms with Crippen LogP contribution in [0, 0.1) is 6.92 Å². The van der Waals surface area contributed by atoms with E-state index in [1.54, 1.807) is 23.0 Å². The molecule has 0 radical (unpaired) electrons. The van der Waals surface area contributed by atoms with Crippen molar-refractivity contribution in [2.45, 2.75) is 6.92 Å². The first kappa shape index (κ1) is 14.7. The number of halogens is 1. The van der Waals surface area contributed by atoms with Gasteiger partial charge in [0.15, 0.2) is 5.65 Å². The molecule has 6 nitrogen and oxygen atoms in total. The number of aryl methyl sites for hydroxylation is 2. The Morgan fingerprint density at radius 2 is 2.12 bits per heavy atom. The van der Waals surface area contributed by atoms with E-state index >= 15 is 0 Å². The maximum absolute atomic E-state index is 12.5. The van der Waals surface area contributed by atoms with Crippen LogP contribution in [0.5, 0.6) is 0 Å². The van der Waals surface area contributed by atoms with Crippen LogP contribution in [0.25, 0.3) is 21.9 Å². The predicted octanol–water partition coefficient (Wildman–Crippen LogP) is 3.66. The Balaban J connectivity index is 1.66. The molecule has 7 heteroatoms. The Kier molecular flexibility index (Phi) is 3.28.